The van der Waals surface area contributed by atoms with Crippen LogP contribution in [-0.4, -0.2) is 31.8 Å². The normalized spacial score (nSPS) is 30.1. The second-order valence-corrected chi connectivity index (χ2v) is 8.08. The van der Waals surface area contributed by atoms with Gasteiger partial charge in [0.15, 0.2) is 9.84 Å². The molecule has 9 heteroatoms. The maximum Gasteiger partial charge on any atom is 0.417 e. The summed E-state index contributed by atoms with van der Waals surface area (Å²) in [6.45, 7) is 0. The number of fused-ring (bicyclic) bond motifs is 2. The minimum Gasteiger partial charge on any atom is -0.228 e. The van der Waals surface area contributed by atoms with Crippen molar-refractivity contribution >= 4 is 9.84 Å². The van der Waals surface area contributed by atoms with Gasteiger partial charge in [0.25, 0.3) is 4.75 Å². The first-order valence-electron chi connectivity index (χ1n) is 6.31. The lowest BCUT2D eigenvalue weighted by Crippen LogP contribution is -2.62. The second-order valence-electron chi connectivity index (χ2n) is 5.84. The molecule has 0 spiro atoms. The fourth-order valence-corrected chi connectivity index (χ4v) is 4.82. The zero-order valence-electron chi connectivity index (χ0n) is 11.0. The van der Waals surface area contributed by atoms with Crippen LogP contribution in [0.5, 0.6) is 0 Å². The van der Waals surface area contributed by atoms with Gasteiger partial charge in [-0.2, -0.15) is 26.3 Å². The lowest BCUT2D eigenvalue weighted by molar-refractivity contribution is -0.271. The van der Waals surface area contributed by atoms with Gasteiger partial charge in [-0.05, 0) is 37.0 Å². The second kappa shape index (κ2) is 4.63. The van der Waals surface area contributed by atoms with E-state index in [0.717, 1.165) is 0 Å². The number of sulfone groups is 1. The molecular formula is C12H14F6O2S. The molecule has 2 nitrogen and oxygen atoms in total. The number of hydrogen-bond acceptors (Lipinski definition) is 2. The first-order chi connectivity index (χ1) is 9.29. The highest BCUT2D eigenvalue weighted by atomic mass is 32.2. The quantitative estimate of drug-likeness (QED) is 0.584. The molecule has 0 heterocycles. The Balaban J connectivity index is 2.48. The van der Waals surface area contributed by atoms with E-state index in [1.807, 2.05) is 0 Å². The number of hydrogen-bond donors (Lipinski definition) is 0. The van der Waals surface area contributed by atoms with E-state index in [4.69, 9.17) is 0 Å². The molecular weight excluding hydrogens is 322 g/mol. The molecule has 1 saturated carbocycles. The van der Waals surface area contributed by atoms with Crippen LogP contribution < -0.4 is 0 Å². The average Bonchev–Trinajstić information content (AvgIpc) is 2.81. The van der Waals surface area contributed by atoms with Crippen molar-refractivity contribution in [2.75, 3.05) is 6.26 Å². The molecule has 1 fully saturated rings. The van der Waals surface area contributed by atoms with Gasteiger partial charge in [0, 0.05) is 6.26 Å². The lowest BCUT2D eigenvalue weighted by atomic mass is 9.84. The summed E-state index contributed by atoms with van der Waals surface area (Å²) >= 11 is 0. The summed E-state index contributed by atoms with van der Waals surface area (Å²) in [5, 5.41) is 0. The zero-order valence-corrected chi connectivity index (χ0v) is 11.8. The van der Waals surface area contributed by atoms with Crippen LogP contribution in [-0.2, 0) is 9.84 Å². The van der Waals surface area contributed by atoms with Crippen molar-refractivity contribution in [3.8, 4) is 0 Å². The van der Waals surface area contributed by atoms with Gasteiger partial charge in [0.1, 0.15) is 0 Å². The largest absolute Gasteiger partial charge is 0.417 e. The third-order valence-electron chi connectivity index (χ3n) is 4.51. The molecule has 0 radical (unpaired) electrons. The van der Waals surface area contributed by atoms with Crippen molar-refractivity contribution < 1.29 is 34.8 Å². The summed E-state index contributed by atoms with van der Waals surface area (Å²) in [7, 11) is -5.42. The van der Waals surface area contributed by atoms with Crippen LogP contribution in [0.3, 0.4) is 0 Å². The van der Waals surface area contributed by atoms with Crippen LogP contribution in [0.15, 0.2) is 12.2 Å². The van der Waals surface area contributed by atoms with E-state index in [0.29, 0.717) is 6.42 Å². The molecule has 0 aromatic rings. The third-order valence-corrected chi connectivity index (χ3v) is 6.41. The van der Waals surface area contributed by atoms with E-state index < -0.39 is 45.2 Å². The van der Waals surface area contributed by atoms with Gasteiger partial charge in [-0.15, -0.1) is 0 Å². The minimum absolute atomic E-state index is 0.0109. The monoisotopic (exact) mass is 336 g/mol. The van der Waals surface area contributed by atoms with Crippen molar-refractivity contribution in [2.24, 2.45) is 17.8 Å². The molecule has 0 saturated heterocycles. The van der Waals surface area contributed by atoms with Crippen molar-refractivity contribution in [2.45, 2.75) is 36.4 Å². The molecule has 3 unspecified atom stereocenters. The van der Waals surface area contributed by atoms with E-state index in [-0.39, 0.29) is 18.6 Å². The smallest absolute Gasteiger partial charge is 0.228 e. The van der Waals surface area contributed by atoms with Crippen LogP contribution in [0, 0.1) is 17.8 Å². The molecule has 122 valence electrons. The Labute approximate surface area is 118 Å². The zero-order chi connectivity index (χ0) is 16.3. The van der Waals surface area contributed by atoms with Crippen molar-refractivity contribution in [1.29, 1.82) is 0 Å². The Hall–Kier alpha value is -0.730. The first-order valence-corrected chi connectivity index (χ1v) is 8.20. The van der Waals surface area contributed by atoms with Gasteiger partial charge in [-0.3, -0.25) is 0 Å². The molecule has 0 aliphatic heterocycles. The van der Waals surface area contributed by atoms with E-state index in [1.165, 1.54) is 0 Å². The maximum atomic E-state index is 13.1. The Kier molecular flexibility index (Phi) is 3.67. The molecule has 0 N–H and O–H groups in total. The Morgan fingerprint density at radius 2 is 1.52 bits per heavy atom. The minimum atomic E-state index is -5.90. The Morgan fingerprint density at radius 1 is 1.00 bits per heavy atom. The van der Waals surface area contributed by atoms with Gasteiger partial charge in [0.2, 0.25) is 0 Å². The van der Waals surface area contributed by atoms with E-state index in [1.54, 1.807) is 12.2 Å². The van der Waals surface area contributed by atoms with Crippen LogP contribution >= 0.6 is 0 Å². The summed E-state index contributed by atoms with van der Waals surface area (Å²) in [6, 6.07) is 0. The molecule has 2 rings (SSSR count). The Bertz CT molecular complexity index is 531. The van der Waals surface area contributed by atoms with Crippen molar-refractivity contribution in [3.05, 3.63) is 12.2 Å². The van der Waals surface area contributed by atoms with Gasteiger partial charge >= 0.3 is 12.4 Å². The van der Waals surface area contributed by atoms with Gasteiger partial charge in [-0.1, -0.05) is 12.2 Å². The van der Waals surface area contributed by atoms with Crippen molar-refractivity contribution in [3.63, 3.8) is 0 Å². The predicted octanol–water partition coefficient (Wildman–Crippen LogP) is 3.50. The maximum absolute atomic E-state index is 13.1. The average molecular weight is 336 g/mol. The van der Waals surface area contributed by atoms with E-state index in [9.17, 15) is 34.8 Å². The topological polar surface area (TPSA) is 34.1 Å². The highest BCUT2D eigenvalue weighted by Crippen LogP contribution is 2.56. The van der Waals surface area contributed by atoms with Crippen LogP contribution in [0.25, 0.3) is 0 Å². The predicted molar refractivity (Wildman–Crippen MR) is 63.1 cm³/mol. The van der Waals surface area contributed by atoms with Gasteiger partial charge in [-0.25, -0.2) is 8.42 Å². The summed E-state index contributed by atoms with van der Waals surface area (Å²) in [5.74, 6) is -1.36. The fraction of sp³-hybridized carbons (Fsp3) is 0.833. The lowest BCUT2D eigenvalue weighted by Gasteiger charge is -2.38. The van der Waals surface area contributed by atoms with Crippen LogP contribution in [0.1, 0.15) is 19.3 Å². The van der Waals surface area contributed by atoms with Gasteiger partial charge in [0.05, 0.1) is 0 Å². The van der Waals surface area contributed by atoms with Gasteiger partial charge < -0.3 is 0 Å². The molecule has 3 atom stereocenters. The highest BCUT2D eigenvalue weighted by molar-refractivity contribution is 7.92. The molecule has 0 aromatic heterocycles. The summed E-state index contributed by atoms with van der Waals surface area (Å²) in [4.78, 5) is 0. The Morgan fingerprint density at radius 3 is 1.81 bits per heavy atom. The van der Waals surface area contributed by atoms with Crippen LogP contribution in [0.2, 0.25) is 0 Å². The number of halogens is 6. The van der Waals surface area contributed by atoms with Crippen LogP contribution in [0.4, 0.5) is 26.3 Å². The first kappa shape index (κ1) is 16.6. The summed E-state index contributed by atoms with van der Waals surface area (Å²) < 4.78 is 97.2. The molecule has 2 bridgehead atoms. The fourth-order valence-electron chi connectivity index (χ4n) is 3.46. The number of rotatable bonds is 3. The third kappa shape index (κ3) is 2.47. The summed E-state index contributed by atoms with van der Waals surface area (Å²) in [6.07, 6.45) is -9.20. The number of allylic oxidation sites excluding steroid dienone is 2. The standard InChI is InChI=1S/C12H14F6O2S/c1-21(19,20)10(11(13,14)15,12(16,17)18)6-9-5-7-2-3-8(9)4-7/h2-3,7-9H,4-6H2,1H3. The highest BCUT2D eigenvalue weighted by Gasteiger charge is 2.77. The van der Waals surface area contributed by atoms with Crippen molar-refractivity contribution in [1.82, 2.24) is 0 Å². The molecule has 2 aliphatic carbocycles. The van der Waals surface area contributed by atoms with E-state index >= 15 is 0 Å². The summed E-state index contributed by atoms with van der Waals surface area (Å²) in [5.41, 5.74) is 0. The van der Waals surface area contributed by atoms with E-state index in [2.05, 4.69) is 0 Å². The molecule has 21 heavy (non-hydrogen) atoms. The SMILES string of the molecule is CS(=O)(=O)C(CC1CC2C=CC1C2)(C(F)(F)F)C(F)(F)F. The number of alkyl halides is 6. The molecule has 0 aromatic carbocycles. The molecule has 0 amide bonds. The molecule has 2 aliphatic rings.